The number of H-pyrrole nitrogens is 3. The fourth-order valence-electron chi connectivity index (χ4n) is 4.16. The molecule has 3 aromatic heterocycles. The molecule has 0 fully saturated rings. The van der Waals surface area contributed by atoms with E-state index in [9.17, 15) is 0 Å². The Kier molecular flexibility index (Phi) is 8.27. The Morgan fingerprint density at radius 3 is 1.27 bits per heavy atom. The first-order valence-electron chi connectivity index (χ1n) is 10.7. The van der Waals surface area contributed by atoms with Gasteiger partial charge in [-0.1, -0.05) is 6.42 Å². The van der Waals surface area contributed by atoms with E-state index in [1.807, 2.05) is 0 Å². The minimum absolute atomic E-state index is 0.944. The first-order valence-corrected chi connectivity index (χ1v) is 14.4. The zero-order valence-electron chi connectivity index (χ0n) is 16.9. The number of aromatic nitrogens is 3. The van der Waals surface area contributed by atoms with Crippen molar-refractivity contribution >= 4 is 70.7 Å². The lowest BCUT2D eigenvalue weighted by Gasteiger charge is -2.07. The number of hydrogen-bond acceptors (Lipinski definition) is 6. The van der Waals surface area contributed by atoms with Crippen molar-refractivity contribution in [2.45, 2.75) is 77.0 Å². The standard InChI is InChI=1S/C8H11NS2.C7H9NS2.C6H7NS2/c10-8-9-6-4-2-1-3-5-7(6)11-8;9-7-8-5-3-1-2-4-6(5)10-7;8-6-7-4-2-1-3-5(4)9-6/h1-5H2,(H,9,10);1-4H2,(H,8,9);1-3H2,(H,7,8). The van der Waals surface area contributed by atoms with E-state index in [-0.39, 0.29) is 0 Å². The Hall–Kier alpha value is -0.450. The normalized spacial score (nSPS) is 16.8. The van der Waals surface area contributed by atoms with Gasteiger partial charge >= 0.3 is 0 Å². The van der Waals surface area contributed by atoms with Crippen molar-refractivity contribution in [2.75, 3.05) is 0 Å². The topological polar surface area (TPSA) is 47.4 Å². The van der Waals surface area contributed by atoms with Crippen molar-refractivity contribution in [3.05, 3.63) is 43.6 Å². The van der Waals surface area contributed by atoms with Crippen LogP contribution in [0.3, 0.4) is 0 Å². The van der Waals surface area contributed by atoms with Gasteiger partial charge in [0.25, 0.3) is 0 Å². The number of thiazole rings is 3. The number of hydrogen-bond donors (Lipinski definition) is 3. The zero-order valence-corrected chi connectivity index (χ0v) is 21.8. The van der Waals surface area contributed by atoms with Crippen molar-refractivity contribution in [2.24, 2.45) is 0 Å². The average Bonchev–Trinajstić information content (AvgIpc) is 3.43. The molecular weight excluding hydrogens is 487 g/mol. The number of nitrogens with one attached hydrogen (secondary N) is 3. The van der Waals surface area contributed by atoms with E-state index in [1.165, 1.54) is 109 Å². The third-order valence-electron chi connectivity index (χ3n) is 5.66. The van der Waals surface area contributed by atoms with E-state index in [0.717, 1.165) is 11.9 Å². The molecule has 0 radical (unpaired) electrons. The highest BCUT2D eigenvalue weighted by molar-refractivity contribution is 7.74. The van der Waals surface area contributed by atoms with Crippen molar-refractivity contribution in [1.82, 2.24) is 15.0 Å². The molecule has 3 aliphatic rings. The van der Waals surface area contributed by atoms with Crippen molar-refractivity contribution in [1.29, 1.82) is 0 Å². The second-order valence-corrected chi connectivity index (χ2v) is 13.2. The first-order chi connectivity index (χ1) is 14.6. The smallest absolute Gasteiger partial charge is 0.158 e. The van der Waals surface area contributed by atoms with Gasteiger partial charge in [-0.2, -0.15) is 0 Å². The summed E-state index contributed by atoms with van der Waals surface area (Å²) in [6, 6.07) is 0. The Balaban J connectivity index is 0.000000109. The lowest BCUT2D eigenvalue weighted by molar-refractivity contribution is 0.682. The highest BCUT2D eigenvalue weighted by Gasteiger charge is 2.12. The lowest BCUT2D eigenvalue weighted by atomic mass is 10.0. The van der Waals surface area contributed by atoms with Gasteiger partial charge in [-0.05, 0) is 107 Å². The Morgan fingerprint density at radius 2 is 0.767 bits per heavy atom. The van der Waals surface area contributed by atoms with Crippen LogP contribution < -0.4 is 0 Å². The van der Waals surface area contributed by atoms with E-state index < -0.39 is 0 Å². The number of rotatable bonds is 0. The number of fused-ring (bicyclic) bond motifs is 3. The van der Waals surface area contributed by atoms with Crippen LogP contribution in [-0.2, 0) is 38.5 Å². The molecule has 0 amide bonds. The van der Waals surface area contributed by atoms with Crippen LogP contribution in [0.4, 0.5) is 0 Å². The van der Waals surface area contributed by atoms with Gasteiger partial charge in [-0.25, -0.2) is 0 Å². The molecule has 3 N–H and O–H groups in total. The highest BCUT2D eigenvalue weighted by atomic mass is 32.2. The summed E-state index contributed by atoms with van der Waals surface area (Å²) in [6.45, 7) is 0. The average molecular weight is 514 g/mol. The van der Waals surface area contributed by atoms with Crippen LogP contribution in [0.1, 0.15) is 70.2 Å². The summed E-state index contributed by atoms with van der Waals surface area (Å²) in [5.41, 5.74) is 4.21. The molecule has 0 bridgehead atoms. The zero-order chi connectivity index (χ0) is 20.9. The van der Waals surface area contributed by atoms with Gasteiger partial charge in [-0.3, -0.25) is 0 Å². The van der Waals surface area contributed by atoms with Crippen molar-refractivity contribution < 1.29 is 0 Å². The van der Waals surface area contributed by atoms with E-state index in [0.29, 0.717) is 0 Å². The van der Waals surface area contributed by atoms with Crippen molar-refractivity contribution in [3.63, 3.8) is 0 Å². The largest absolute Gasteiger partial charge is 0.341 e. The van der Waals surface area contributed by atoms with Gasteiger partial charge in [0.15, 0.2) is 11.9 Å². The van der Waals surface area contributed by atoms with Crippen LogP contribution in [0.15, 0.2) is 0 Å². The number of aromatic amines is 3. The quantitative estimate of drug-likeness (QED) is 0.210. The fourth-order valence-corrected chi connectivity index (χ4v) is 8.20. The lowest BCUT2D eigenvalue weighted by Crippen LogP contribution is -1.98. The molecule has 3 aliphatic carbocycles. The van der Waals surface area contributed by atoms with Crippen LogP contribution >= 0.6 is 70.7 Å². The summed E-state index contributed by atoms with van der Waals surface area (Å²) >= 11 is 20.4. The summed E-state index contributed by atoms with van der Waals surface area (Å²) in [4.78, 5) is 14.2. The van der Waals surface area contributed by atoms with Gasteiger partial charge in [0.2, 0.25) is 0 Å². The van der Waals surface area contributed by atoms with Gasteiger partial charge in [0.1, 0.15) is 0 Å². The highest BCUT2D eigenvalue weighted by Crippen LogP contribution is 2.26. The summed E-state index contributed by atoms with van der Waals surface area (Å²) in [5, 5.41) is 0. The second-order valence-electron chi connectivity index (χ2n) is 7.87. The van der Waals surface area contributed by atoms with Crippen LogP contribution in [0.2, 0.25) is 0 Å². The van der Waals surface area contributed by atoms with Crippen LogP contribution in [-0.4, -0.2) is 15.0 Å². The maximum Gasteiger partial charge on any atom is 0.158 e. The van der Waals surface area contributed by atoms with E-state index in [4.69, 9.17) is 36.7 Å². The van der Waals surface area contributed by atoms with E-state index in [2.05, 4.69) is 15.0 Å². The predicted octanol–water partition coefficient (Wildman–Crippen LogP) is 8.05. The van der Waals surface area contributed by atoms with Gasteiger partial charge in [-0.15, -0.1) is 34.0 Å². The Labute approximate surface area is 205 Å². The van der Waals surface area contributed by atoms with Crippen LogP contribution in [0, 0.1) is 11.9 Å². The molecule has 30 heavy (non-hydrogen) atoms. The summed E-state index contributed by atoms with van der Waals surface area (Å²) in [7, 11) is 0. The molecular formula is C21H27N3S6. The minimum atomic E-state index is 0.944. The molecule has 9 heteroatoms. The summed E-state index contributed by atoms with van der Waals surface area (Å²) < 4.78 is 2.85. The van der Waals surface area contributed by atoms with Gasteiger partial charge in [0.05, 0.1) is 0 Å². The Morgan fingerprint density at radius 1 is 0.433 bits per heavy atom. The maximum absolute atomic E-state index is 5.09. The molecule has 162 valence electrons. The molecule has 0 aromatic carbocycles. The molecule has 0 atom stereocenters. The molecule has 6 rings (SSSR count). The molecule has 3 nitrogen and oxygen atoms in total. The molecule has 0 saturated heterocycles. The van der Waals surface area contributed by atoms with Gasteiger partial charge in [0, 0.05) is 31.7 Å². The predicted molar refractivity (Wildman–Crippen MR) is 138 cm³/mol. The van der Waals surface area contributed by atoms with Crippen LogP contribution in [0.25, 0.3) is 0 Å². The van der Waals surface area contributed by atoms with Crippen molar-refractivity contribution in [3.8, 4) is 0 Å². The van der Waals surface area contributed by atoms with Gasteiger partial charge < -0.3 is 15.0 Å². The fraction of sp³-hybridized carbons (Fsp3) is 0.571. The molecule has 0 aliphatic heterocycles. The third kappa shape index (κ3) is 6.07. The van der Waals surface area contributed by atoms with E-state index in [1.54, 1.807) is 34.0 Å². The second kappa shape index (κ2) is 10.9. The summed E-state index contributed by atoms with van der Waals surface area (Å²) in [5.74, 6) is 0. The monoisotopic (exact) mass is 513 g/mol. The Bertz CT molecular complexity index is 1060. The number of aryl methyl sites for hydroxylation is 6. The third-order valence-corrected chi connectivity index (χ3v) is 9.67. The minimum Gasteiger partial charge on any atom is -0.341 e. The van der Waals surface area contributed by atoms with Crippen LogP contribution in [0.5, 0.6) is 0 Å². The maximum atomic E-state index is 5.09. The van der Waals surface area contributed by atoms with E-state index >= 15 is 0 Å². The molecule has 3 heterocycles. The molecule has 0 unspecified atom stereocenters. The molecule has 3 aromatic rings. The SMILES string of the molecule is S=c1[nH]c2c(s1)CCC2.S=c1[nH]c2c(s1)CCCC2.S=c1[nH]c2c(s1)CCCCC2. The molecule has 0 saturated carbocycles. The first kappa shape index (κ1) is 22.7. The molecule has 0 spiro atoms. The summed E-state index contributed by atoms with van der Waals surface area (Å²) in [6.07, 6.45) is 15.4.